The summed E-state index contributed by atoms with van der Waals surface area (Å²) in [5.74, 6) is -1.94. The van der Waals surface area contributed by atoms with Gasteiger partial charge in [-0.15, -0.1) is 0 Å². The number of sulfonamides is 1. The number of carbonyl (C=O) groups excluding carboxylic acids is 1. The van der Waals surface area contributed by atoms with Crippen LogP contribution in [0.25, 0.3) is 11.1 Å². The van der Waals surface area contributed by atoms with Crippen LogP contribution in [-0.4, -0.2) is 51.8 Å². The fourth-order valence-corrected chi connectivity index (χ4v) is 6.45. The molecule has 224 valence electrons. The quantitative estimate of drug-likeness (QED) is 0.293. The van der Waals surface area contributed by atoms with Crippen LogP contribution in [-0.2, 0) is 20.9 Å². The molecule has 14 heteroatoms. The molecule has 0 saturated carbocycles. The molecule has 1 amide bonds. The van der Waals surface area contributed by atoms with Crippen LogP contribution in [0.5, 0.6) is 5.75 Å². The summed E-state index contributed by atoms with van der Waals surface area (Å²) in [5.41, 5.74) is -1.23. The maximum atomic E-state index is 14.3. The molecule has 2 aliphatic heterocycles. The van der Waals surface area contributed by atoms with Gasteiger partial charge in [-0.05, 0) is 72.9 Å². The highest BCUT2D eigenvalue weighted by molar-refractivity contribution is 7.92. The fourth-order valence-electron chi connectivity index (χ4n) is 4.97. The van der Waals surface area contributed by atoms with Gasteiger partial charge in [-0.25, -0.2) is 17.1 Å². The fraction of sp³-hybridized carbons (Fsp3) is 0.321. The van der Waals surface area contributed by atoms with Gasteiger partial charge in [0, 0.05) is 19.2 Å². The van der Waals surface area contributed by atoms with Crippen LogP contribution in [0.3, 0.4) is 0 Å². The molecule has 2 heterocycles. The molecule has 7 nitrogen and oxygen atoms in total. The predicted molar refractivity (Wildman–Crippen MR) is 139 cm³/mol. The molecule has 0 radical (unpaired) electrons. The standard InChI is InChI=1S/C28H24F6N2O5S/c29-20-10-18(11-22(14-20)41-27(30)31)17-7-8-24-25(12-17)36(16-35(26(24)37)15-21-5-1-2-9-40-21)42(38,39)23-6-3-4-19(13-23)28(32,33)34/h3-4,6-8,10-14,21,27H,1-2,5,9,15-16H2. The minimum atomic E-state index is -4.81. The van der Waals surface area contributed by atoms with E-state index in [-0.39, 0.29) is 35.0 Å². The van der Waals surface area contributed by atoms with E-state index in [1.807, 2.05) is 0 Å². The first-order chi connectivity index (χ1) is 19.8. The Bertz CT molecular complexity index is 1590. The summed E-state index contributed by atoms with van der Waals surface area (Å²) >= 11 is 0. The van der Waals surface area contributed by atoms with Crippen molar-refractivity contribution in [2.24, 2.45) is 0 Å². The van der Waals surface area contributed by atoms with Gasteiger partial charge in [0.05, 0.1) is 27.8 Å². The number of ether oxygens (including phenoxy) is 2. The summed E-state index contributed by atoms with van der Waals surface area (Å²) in [6.07, 6.45) is -2.84. The second kappa shape index (κ2) is 11.5. The van der Waals surface area contributed by atoms with Gasteiger partial charge >= 0.3 is 12.8 Å². The highest BCUT2D eigenvalue weighted by Gasteiger charge is 2.39. The summed E-state index contributed by atoms with van der Waals surface area (Å²) in [7, 11) is -4.69. The van der Waals surface area contributed by atoms with Crippen LogP contribution < -0.4 is 9.04 Å². The van der Waals surface area contributed by atoms with Crippen LogP contribution >= 0.6 is 0 Å². The maximum absolute atomic E-state index is 14.3. The molecule has 1 atom stereocenters. The number of hydrogen-bond donors (Lipinski definition) is 0. The Balaban J connectivity index is 1.61. The Hall–Kier alpha value is -3.78. The van der Waals surface area contributed by atoms with Crippen molar-refractivity contribution in [3.05, 3.63) is 77.6 Å². The zero-order chi connectivity index (χ0) is 30.2. The summed E-state index contributed by atoms with van der Waals surface area (Å²) in [6.45, 7) is -3.24. The van der Waals surface area contributed by atoms with Crippen LogP contribution in [0.1, 0.15) is 35.2 Å². The number of benzene rings is 3. The first kappa shape index (κ1) is 29.7. The van der Waals surface area contributed by atoms with Crippen LogP contribution in [0.2, 0.25) is 0 Å². The summed E-state index contributed by atoms with van der Waals surface area (Å²) in [4.78, 5) is 14.1. The summed E-state index contributed by atoms with van der Waals surface area (Å²) in [5, 5.41) is 0. The Morgan fingerprint density at radius 1 is 1.00 bits per heavy atom. The van der Waals surface area contributed by atoms with Crippen LogP contribution in [0, 0.1) is 5.82 Å². The third kappa shape index (κ3) is 6.19. The predicted octanol–water partition coefficient (Wildman–Crippen LogP) is 6.29. The van der Waals surface area contributed by atoms with Crippen LogP contribution in [0.4, 0.5) is 32.0 Å². The second-order valence-electron chi connectivity index (χ2n) is 9.82. The zero-order valence-electron chi connectivity index (χ0n) is 21.8. The van der Waals surface area contributed by atoms with Gasteiger partial charge in [-0.1, -0.05) is 12.1 Å². The van der Waals surface area contributed by atoms with Gasteiger partial charge in [-0.2, -0.15) is 22.0 Å². The summed E-state index contributed by atoms with van der Waals surface area (Å²) in [6, 6.07) is 10.0. The Labute approximate surface area is 237 Å². The highest BCUT2D eigenvalue weighted by atomic mass is 32.2. The number of fused-ring (bicyclic) bond motifs is 1. The molecule has 2 aliphatic rings. The van der Waals surface area contributed by atoms with E-state index in [4.69, 9.17) is 4.74 Å². The zero-order valence-corrected chi connectivity index (χ0v) is 22.6. The molecule has 0 spiro atoms. The number of alkyl halides is 5. The average Bonchev–Trinajstić information content (AvgIpc) is 2.93. The van der Waals surface area contributed by atoms with Crippen molar-refractivity contribution in [2.45, 2.75) is 43.0 Å². The molecular weight excluding hydrogens is 590 g/mol. The monoisotopic (exact) mass is 614 g/mol. The van der Waals surface area contributed by atoms with E-state index in [0.29, 0.717) is 19.1 Å². The molecule has 0 aliphatic carbocycles. The van der Waals surface area contributed by atoms with Gasteiger partial charge in [0.1, 0.15) is 18.2 Å². The number of amides is 1. The van der Waals surface area contributed by atoms with Crippen molar-refractivity contribution >= 4 is 21.6 Å². The van der Waals surface area contributed by atoms with Gasteiger partial charge in [0.25, 0.3) is 15.9 Å². The van der Waals surface area contributed by atoms with Gasteiger partial charge in [0.15, 0.2) is 0 Å². The van der Waals surface area contributed by atoms with Gasteiger partial charge in [0.2, 0.25) is 0 Å². The largest absolute Gasteiger partial charge is 0.435 e. The highest BCUT2D eigenvalue weighted by Crippen LogP contribution is 2.38. The van der Waals surface area contributed by atoms with E-state index < -0.39 is 57.4 Å². The Morgan fingerprint density at radius 3 is 2.48 bits per heavy atom. The molecular formula is C28H24F6N2O5S. The lowest BCUT2D eigenvalue weighted by Crippen LogP contribution is -2.51. The van der Waals surface area contributed by atoms with Crippen molar-refractivity contribution in [3.63, 3.8) is 0 Å². The number of halogens is 6. The molecule has 3 aromatic rings. The molecule has 1 saturated heterocycles. The van der Waals surface area contributed by atoms with Crippen molar-refractivity contribution < 1.29 is 49.0 Å². The number of carbonyl (C=O) groups is 1. The molecule has 0 bridgehead atoms. The van der Waals surface area contributed by atoms with Crippen molar-refractivity contribution in [1.82, 2.24) is 4.90 Å². The minimum Gasteiger partial charge on any atom is -0.435 e. The van der Waals surface area contributed by atoms with Crippen molar-refractivity contribution in [2.75, 3.05) is 24.1 Å². The van der Waals surface area contributed by atoms with Crippen molar-refractivity contribution in [1.29, 1.82) is 0 Å². The first-order valence-electron chi connectivity index (χ1n) is 12.8. The Morgan fingerprint density at radius 2 is 1.79 bits per heavy atom. The molecule has 5 rings (SSSR count). The maximum Gasteiger partial charge on any atom is 0.416 e. The lowest BCUT2D eigenvalue weighted by Gasteiger charge is -2.39. The number of hydrogen-bond acceptors (Lipinski definition) is 5. The smallest absolute Gasteiger partial charge is 0.416 e. The second-order valence-corrected chi connectivity index (χ2v) is 11.7. The number of anilines is 1. The minimum absolute atomic E-state index is 0.0374. The van der Waals surface area contributed by atoms with E-state index in [1.165, 1.54) is 23.1 Å². The molecule has 0 aromatic heterocycles. The van der Waals surface area contributed by atoms with Crippen molar-refractivity contribution in [3.8, 4) is 16.9 Å². The van der Waals surface area contributed by atoms with Crippen LogP contribution in [0.15, 0.2) is 65.6 Å². The normalized spacial score (nSPS) is 17.9. The lowest BCUT2D eigenvalue weighted by atomic mass is 10.00. The van der Waals surface area contributed by atoms with E-state index in [2.05, 4.69) is 4.74 Å². The molecule has 1 fully saturated rings. The first-order valence-corrected chi connectivity index (χ1v) is 14.3. The number of rotatable bonds is 7. The third-order valence-electron chi connectivity index (χ3n) is 6.96. The van der Waals surface area contributed by atoms with E-state index in [9.17, 15) is 39.6 Å². The van der Waals surface area contributed by atoms with E-state index >= 15 is 0 Å². The SMILES string of the molecule is O=C1c2ccc(-c3cc(F)cc(OC(F)F)c3)cc2N(S(=O)(=O)c2cccc(C(F)(F)F)c2)CN1CC1CCCCO1. The third-order valence-corrected chi connectivity index (χ3v) is 8.70. The van der Waals surface area contributed by atoms with E-state index in [0.717, 1.165) is 53.5 Å². The molecule has 0 N–H and O–H groups in total. The molecule has 1 unspecified atom stereocenters. The molecule has 42 heavy (non-hydrogen) atoms. The number of nitrogens with zero attached hydrogens (tertiary/aromatic N) is 2. The van der Waals surface area contributed by atoms with Gasteiger partial charge in [-0.3, -0.25) is 4.79 Å². The molecule has 3 aromatic carbocycles. The Kier molecular flexibility index (Phi) is 8.12. The average molecular weight is 615 g/mol. The summed E-state index contributed by atoms with van der Waals surface area (Å²) < 4.78 is 119. The lowest BCUT2D eigenvalue weighted by molar-refractivity contribution is -0.137. The topological polar surface area (TPSA) is 76.2 Å². The van der Waals surface area contributed by atoms with Gasteiger partial charge < -0.3 is 14.4 Å². The van der Waals surface area contributed by atoms with E-state index in [1.54, 1.807) is 0 Å².